The third kappa shape index (κ3) is 9.25. The van der Waals surface area contributed by atoms with Crippen LogP contribution in [0.2, 0.25) is 0 Å². The van der Waals surface area contributed by atoms with Crippen molar-refractivity contribution in [3.05, 3.63) is 6.61 Å². The number of hydrogen-bond acceptors (Lipinski definition) is 2. The zero-order valence-electron chi connectivity index (χ0n) is 5.39. The van der Waals surface area contributed by atoms with Crippen LogP contribution in [0.5, 0.6) is 0 Å². The van der Waals surface area contributed by atoms with E-state index in [1.54, 1.807) is 0 Å². The second-order valence-electron chi connectivity index (χ2n) is 0.804. The number of hydrogen-bond donors (Lipinski definition) is 0. The van der Waals surface area contributed by atoms with Crippen LogP contribution in [0.3, 0.4) is 0 Å². The maximum Gasteiger partial charge on any atom is 1.00 e. The van der Waals surface area contributed by atoms with Gasteiger partial charge in [0.05, 0.1) is 7.11 Å². The van der Waals surface area contributed by atoms with Gasteiger partial charge in [0, 0.05) is 7.11 Å². The summed E-state index contributed by atoms with van der Waals surface area (Å²) in [6.07, 6.45) is 2.32. The Kier molecular flexibility index (Phi) is 13.3. The van der Waals surface area contributed by atoms with Crippen molar-refractivity contribution >= 4 is 0 Å². The van der Waals surface area contributed by atoms with E-state index in [4.69, 9.17) is 0 Å². The van der Waals surface area contributed by atoms with Crippen molar-refractivity contribution < 1.29 is 28.3 Å². The average molecular weight is 106 g/mol. The molecule has 8 heavy (non-hydrogen) atoms. The fourth-order valence-electron chi connectivity index (χ4n) is 0.142. The van der Waals surface area contributed by atoms with Crippen LogP contribution in [0.15, 0.2) is 0 Å². The molecule has 0 spiro atoms. The van der Waals surface area contributed by atoms with Crippen LogP contribution in [-0.4, -0.2) is 14.2 Å². The Bertz CT molecular complexity index is 82.2. The molecule has 0 bridgehead atoms. The smallest absolute Gasteiger partial charge is 0.549 e. The van der Waals surface area contributed by atoms with E-state index in [9.17, 15) is 0 Å². The van der Waals surface area contributed by atoms with Crippen LogP contribution in [0.4, 0.5) is 0 Å². The summed E-state index contributed by atoms with van der Waals surface area (Å²) in [4.78, 5) is 0. The molecule has 0 fully saturated rings. The van der Waals surface area contributed by atoms with Crippen LogP contribution in [0.1, 0.15) is 0 Å². The molecule has 0 saturated carbocycles. The molecule has 0 atom stereocenters. The summed E-state index contributed by atoms with van der Waals surface area (Å²) < 4.78 is 8.84. The molecule has 0 aromatic carbocycles. The van der Waals surface area contributed by atoms with Gasteiger partial charge in [-0.15, -0.1) is 6.11 Å². The van der Waals surface area contributed by atoms with E-state index in [2.05, 4.69) is 21.5 Å². The number of rotatable bonds is 1. The molecule has 0 saturated heterocycles. The number of ether oxygens (including phenoxy) is 2. The monoisotopic (exact) mass is 106 g/mol. The fourth-order valence-corrected chi connectivity index (χ4v) is 0.142. The van der Waals surface area contributed by atoms with E-state index in [1.807, 2.05) is 0 Å². The topological polar surface area (TPSA) is 18.5 Å². The standard InChI is InChI=1S/C5H7O2.Li/c1-6-4-3-5-7-2;/h4H,1-2H3;/q-1;+1. The third-order valence-electron chi connectivity index (χ3n) is 0.338. The van der Waals surface area contributed by atoms with Crippen molar-refractivity contribution in [2.45, 2.75) is 0 Å². The van der Waals surface area contributed by atoms with E-state index in [0.717, 1.165) is 0 Å². The first-order valence-corrected chi connectivity index (χ1v) is 1.79. The zero-order valence-corrected chi connectivity index (χ0v) is 5.39. The quantitative estimate of drug-likeness (QED) is 0.207. The summed E-state index contributed by atoms with van der Waals surface area (Å²) in [7, 11) is 3.03. The first kappa shape index (κ1) is 10.7. The Morgan fingerprint density at radius 3 is 2.38 bits per heavy atom. The largest absolute Gasteiger partial charge is 1.00 e. The molecule has 0 aromatic heterocycles. The molecule has 0 rings (SSSR count). The predicted octanol–water partition coefficient (Wildman–Crippen LogP) is -2.59. The number of methoxy groups -OCH3 is 2. The van der Waals surface area contributed by atoms with Gasteiger partial charge in [-0.1, -0.05) is 6.61 Å². The van der Waals surface area contributed by atoms with Gasteiger partial charge in [0.2, 0.25) is 0 Å². The van der Waals surface area contributed by atoms with Gasteiger partial charge in [0.25, 0.3) is 0 Å². The van der Waals surface area contributed by atoms with E-state index in [1.165, 1.54) is 20.8 Å². The summed E-state index contributed by atoms with van der Waals surface area (Å²) in [5, 5.41) is 0. The van der Waals surface area contributed by atoms with Gasteiger partial charge in [-0.2, -0.15) is 0 Å². The van der Waals surface area contributed by atoms with E-state index in [-0.39, 0.29) is 18.9 Å². The van der Waals surface area contributed by atoms with Crippen LogP contribution >= 0.6 is 0 Å². The molecule has 0 unspecified atom stereocenters. The molecule has 0 amide bonds. The first-order valence-electron chi connectivity index (χ1n) is 1.79. The molecule has 0 N–H and O–H groups in total. The van der Waals surface area contributed by atoms with Crippen LogP contribution in [-0.2, 0) is 9.47 Å². The summed E-state index contributed by atoms with van der Waals surface area (Å²) >= 11 is 0. The van der Waals surface area contributed by atoms with Crippen molar-refractivity contribution in [2.75, 3.05) is 14.2 Å². The molecule has 40 valence electrons. The Hall–Kier alpha value is -0.213. The summed E-state index contributed by atoms with van der Waals surface area (Å²) in [6, 6.07) is 0. The second kappa shape index (κ2) is 9.92. The molecule has 0 radical (unpaired) electrons. The minimum Gasteiger partial charge on any atom is -0.549 e. The summed E-state index contributed by atoms with van der Waals surface area (Å²) in [5.41, 5.74) is 0. The van der Waals surface area contributed by atoms with Gasteiger partial charge >= 0.3 is 18.9 Å². The van der Waals surface area contributed by atoms with Gasteiger partial charge in [-0.25, -0.2) is 5.92 Å². The van der Waals surface area contributed by atoms with Gasteiger partial charge in [0.15, 0.2) is 0 Å². The molecule has 0 aliphatic carbocycles. The first-order chi connectivity index (χ1) is 3.41. The normalized spacial score (nSPS) is 5.25. The van der Waals surface area contributed by atoms with Crippen molar-refractivity contribution in [1.29, 1.82) is 0 Å². The maximum atomic E-state index is 4.47. The van der Waals surface area contributed by atoms with Crippen molar-refractivity contribution in [1.82, 2.24) is 0 Å². The van der Waals surface area contributed by atoms with Crippen molar-refractivity contribution in [3.63, 3.8) is 0 Å². The van der Waals surface area contributed by atoms with E-state index >= 15 is 0 Å². The van der Waals surface area contributed by atoms with E-state index < -0.39 is 0 Å². The third-order valence-corrected chi connectivity index (χ3v) is 0.338. The van der Waals surface area contributed by atoms with Gasteiger partial charge < -0.3 is 9.47 Å². The molecule has 3 heteroatoms. The van der Waals surface area contributed by atoms with Gasteiger partial charge in [-0.05, 0) is 0 Å². The summed E-state index contributed by atoms with van der Waals surface area (Å²) in [5.74, 6) is 2.47. The molecular formula is C5H7LiO2. The average Bonchev–Trinajstić information content (AvgIpc) is 1.69. The van der Waals surface area contributed by atoms with Crippen LogP contribution in [0, 0.1) is 18.6 Å². The Labute approximate surface area is 61.7 Å². The minimum absolute atomic E-state index is 0. The molecule has 2 nitrogen and oxygen atoms in total. The van der Waals surface area contributed by atoms with Gasteiger partial charge in [-0.3, -0.25) is 0 Å². The van der Waals surface area contributed by atoms with Crippen molar-refractivity contribution in [2.24, 2.45) is 0 Å². The Balaban J connectivity index is 0. The van der Waals surface area contributed by atoms with Crippen LogP contribution in [0.25, 0.3) is 0 Å². The van der Waals surface area contributed by atoms with Gasteiger partial charge in [0.1, 0.15) is 0 Å². The maximum absolute atomic E-state index is 4.47. The molecule has 0 heterocycles. The Morgan fingerprint density at radius 2 is 2.00 bits per heavy atom. The predicted molar refractivity (Wildman–Crippen MR) is 26.1 cm³/mol. The van der Waals surface area contributed by atoms with Crippen molar-refractivity contribution in [3.8, 4) is 12.0 Å². The zero-order chi connectivity index (χ0) is 5.54. The SMILES string of the molecule is COC#C[CH-]OC.[Li+]. The Morgan fingerprint density at radius 1 is 1.38 bits per heavy atom. The molecular weight excluding hydrogens is 99.0 g/mol. The fraction of sp³-hybridized carbons (Fsp3) is 0.400. The minimum atomic E-state index is 0. The molecule has 0 aliphatic rings. The van der Waals surface area contributed by atoms with Crippen LogP contribution < -0.4 is 18.9 Å². The van der Waals surface area contributed by atoms with E-state index in [0.29, 0.717) is 0 Å². The second-order valence-corrected chi connectivity index (χ2v) is 0.804. The molecule has 0 aromatic rings. The molecule has 0 aliphatic heterocycles. The summed E-state index contributed by atoms with van der Waals surface area (Å²) in [6.45, 7) is 1.35.